The monoisotopic (exact) mass is 343 g/mol. The highest BCUT2D eigenvalue weighted by atomic mass is 35.5. The van der Waals surface area contributed by atoms with Crippen LogP contribution in [0.4, 0.5) is 0 Å². The summed E-state index contributed by atoms with van der Waals surface area (Å²) in [6, 6.07) is 15.5. The summed E-state index contributed by atoms with van der Waals surface area (Å²) < 4.78 is 6.02. The molecule has 1 unspecified atom stereocenters. The van der Waals surface area contributed by atoms with Gasteiger partial charge in [-0.25, -0.2) is 0 Å². The van der Waals surface area contributed by atoms with Gasteiger partial charge in [0.05, 0.1) is 12.7 Å². The highest BCUT2D eigenvalue weighted by Crippen LogP contribution is 2.21. The number of likely N-dealkylation sites (tertiary alicyclic amines) is 1. The Morgan fingerprint density at radius 3 is 2.75 bits per heavy atom. The molecule has 4 heteroatoms. The third-order valence-corrected chi connectivity index (χ3v) is 4.84. The molecule has 126 valence electrons. The highest BCUT2D eigenvalue weighted by Gasteiger charge is 2.25. The van der Waals surface area contributed by atoms with E-state index >= 15 is 0 Å². The van der Waals surface area contributed by atoms with Gasteiger partial charge in [0.2, 0.25) is 0 Å². The Morgan fingerprint density at radius 1 is 1.21 bits per heavy atom. The number of carbonyl (C=O) groups excluding carboxylic acids is 1. The Balaban J connectivity index is 1.61. The maximum atomic E-state index is 12.7. The highest BCUT2D eigenvalue weighted by molar-refractivity contribution is 6.31. The first-order valence-corrected chi connectivity index (χ1v) is 8.73. The van der Waals surface area contributed by atoms with E-state index < -0.39 is 0 Å². The lowest BCUT2D eigenvalue weighted by Gasteiger charge is -2.33. The number of carbonyl (C=O) groups is 1. The number of aryl methyl sites for hydroxylation is 1. The van der Waals surface area contributed by atoms with Crippen LogP contribution in [0.3, 0.4) is 0 Å². The third-order valence-electron chi connectivity index (χ3n) is 4.47. The number of hydrogen-bond acceptors (Lipinski definition) is 2. The molecule has 1 amide bonds. The molecule has 0 radical (unpaired) electrons. The van der Waals surface area contributed by atoms with Crippen LogP contribution in [0.25, 0.3) is 0 Å². The summed E-state index contributed by atoms with van der Waals surface area (Å²) in [6.07, 6.45) is 2.00. The van der Waals surface area contributed by atoms with Crippen molar-refractivity contribution < 1.29 is 9.53 Å². The van der Waals surface area contributed by atoms with E-state index in [2.05, 4.69) is 0 Å². The summed E-state index contributed by atoms with van der Waals surface area (Å²) in [7, 11) is 0. The van der Waals surface area contributed by atoms with E-state index in [4.69, 9.17) is 16.3 Å². The van der Waals surface area contributed by atoms with Crippen LogP contribution in [0.1, 0.15) is 34.3 Å². The number of ether oxygens (including phenoxy) is 1. The minimum absolute atomic E-state index is 0.0583. The Bertz CT molecular complexity index is 716. The molecule has 1 heterocycles. The van der Waals surface area contributed by atoms with E-state index in [1.165, 1.54) is 0 Å². The van der Waals surface area contributed by atoms with Gasteiger partial charge in [0, 0.05) is 23.7 Å². The minimum Gasteiger partial charge on any atom is -0.372 e. The molecule has 0 N–H and O–H groups in total. The zero-order valence-corrected chi connectivity index (χ0v) is 14.6. The number of rotatable bonds is 4. The molecular formula is C20H22ClNO2. The van der Waals surface area contributed by atoms with E-state index in [9.17, 15) is 4.79 Å². The Labute approximate surface area is 148 Å². The molecule has 1 saturated heterocycles. The van der Waals surface area contributed by atoms with Gasteiger partial charge in [-0.1, -0.05) is 48.0 Å². The molecule has 2 aromatic rings. The fraction of sp³-hybridized carbons (Fsp3) is 0.350. The molecule has 0 bridgehead atoms. The van der Waals surface area contributed by atoms with Gasteiger partial charge in [0.1, 0.15) is 0 Å². The molecule has 0 saturated carbocycles. The van der Waals surface area contributed by atoms with E-state index in [-0.39, 0.29) is 12.0 Å². The second kappa shape index (κ2) is 7.82. The van der Waals surface area contributed by atoms with Crippen molar-refractivity contribution in [3.8, 4) is 0 Å². The molecule has 0 spiro atoms. The van der Waals surface area contributed by atoms with Crippen LogP contribution in [0, 0.1) is 6.92 Å². The van der Waals surface area contributed by atoms with Gasteiger partial charge in [-0.3, -0.25) is 4.79 Å². The lowest BCUT2D eigenvalue weighted by atomic mass is 10.0. The molecule has 1 aliphatic rings. The molecule has 1 fully saturated rings. The van der Waals surface area contributed by atoms with Gasteiger partial charge >= 0.3 is 0 Å². The molecule has 0 aliphatic carbocycles. The Kier molecular flexibility index (Phi) is 5.54. The quantitative estimate of drug-likeness (QED) is 0.819. The fourth-order valence-electron chi connectivity index (χ4n) is 3.06. The molecular weight excluding hydrogens is 322 g/mol. The van der Waals surface area contributed by atoms with Crippen LogP contribution >= 0.6 is 11.6 Å². The summed E-state index contributed by atoms with van der Waals surface area (Å²) in [6.45, 7) is 3.88. The van der Waals surface area contributed by atoms with Crippen molar-refractivity contribution in [3.05, 3.63) is 70.2 Å². The van der Waals surface area contributed by atoms with Crippen LogP contribution in [0.2, 0.25) is 5.02 Å². The third kappa shape index (κ3) is 3.97. The summed E-state index contributed by atoms with van der Waals surface area (Å²) in [5.74, 6) is 0.0964. The molecule has 3 rings (SSSR count). The lowest BCUT2D eigenvalue weighted by molar-refractivity contribution is -0.00672. The summed E-state index contributed by atoms with van der Waals surface area (Å²) in [4.78, 5) is 14.6. The van der Waals surface area contributed by atoms with Crippen molar-refractivity contribution >= 4 is 17.5 Å². The van der Waals surface area contributed by atoms with Crippen molar-refractivity contribution in [1.82, 2.24) is 4.90 Å². The lowest BCUT2D eigenvalue weighted by Crippen LogP contribution is -2.43. The molecule has 0 aromatic heterocycles. The van der Waals surface area contributed by atoms with Crippen LogP contribution in [-0.4, -0.2) is 30.0 Å². The Hall–Kier alpha value is -1.84. The van der Waals surface area contributed by atoms with E-state index in [0.29, 0.717) is 13.2 Å². The van der Waals surface area contributed by atoms with Crippen molar-refractivity contribution in [2.45, 2.75) is 32.5 Å². The molecule has 1 aliphatic heterocycles. The van der Waals surface area contributed by atoms with Crippen LogP contribution in [0.5, 0.6) is 0 Å². The average Bonchev–Trinajstić information content (AvgIpc) is 2.61. The fourth-order valence-corrected chi connectivity index (χ4v) is 3.26. The van der Waals surface area contributed by atoms with Crippen molar-refractivity contribution in [2.24, 2.45) is 0 Å². The van der Waals surface area contributed by atoms with Crippen LogP contribution in [0.15, 0.2) is 48.5 Å². The van der Waals surface area contributed by atoms with E-state index in [1.54, 1.807) is 0 Å². The number of halogens is 1. The molecule has 2 aromatic carbocycles. The van der Waals surface area contributed by atoms with Crippen LogP contribution < -0.4 is 0 Å². The predicted octanol–water partition coefficient (Wildman–Crippen LogP) is 4.47. The van der Waals surface area contributed by atoms with Crippen LogP contribution in [-0.2, 0) is 11.3 Å². The number of piperidine rings is 1. The summed E-state index contributed by atoms with van der Waals surface area (Å²) >= 11 is 6.17. The van der Waals surface area contributed by atoms with Gasteiger partial charge in [-0.05, 0) is 43.0 Å². The Morgan fingerprint density at radius 2 is 1.96 bits per heavy atom. The number of benzene rings is 2. The summed E-state index contributed by atoms with van der Waals surface area (Å²) in [5, 5.41) is 0.723. The zero-order valence-electron chi connectivity index (χ0n) is 13.9. The molecule has 3 nitrogen and oxygen atoms in total. The van der Waals surface area contributed by atoms with Crippen molar-refractivity contribution in [1.29, 1.82) is 0 Å². The van der Waals surface area contributed by atoms with E-state index in [1.807, 2.05) is 60.4 Å². The number of amides is 1. The summed E-state index contributed by atoms with van der Waals surface area (Å²) in [5.41, 5.74) is 2.78. The number of hydrogen-bond donors (Lipinski definition) is 0. The van der Waals surface area contributed by atoms with E-state index in [0.717, 1.165) is 41.1 Å². The standard InChI is InChI=1S/C20H22ClNO2/c1-15-7-2-4-10-18(15)20(23)22-12-6-9-17(13-22)24-14-16-8-3-5-11-19(16)21/h2-5,7-8,10-11,17H,6,9,12-14H2,1H3. The van der Waals surface area contributed by atoms with Gasteiger partial charge in [0.25, 0.3) is 5.91 Å². The maximum absolute atomic E-state index is 12.7. The minimum atomic E-state index is 0.0583. The average molecular weight is 344 g/mol. The smallest absolute Gasteiger partial charge is 0.254 e. The van der Waals surface area contributed by atoms with Gasteiger partial charge in [-0.2, -0.15) is 0 Å². The second-order valence-corrected chi connectivity index (χ2v) is 6.64. The zero-order chi connectivity index (χ0) is 16.9. The largest absolute Gasteiger partial charge is 0.372 e. The van der Waals surface area contributed by atoms with Crippen molar-refractivity contribution in [3.63, 3.8) is 0 Å². The first-order chi connectivity index (χ1) is 11.6. The SMILES string of the molecule is Cc1ccccc1C(=O)N1CCCC(OCc2ccccc2Cl)C1. The molecule has 24 heavy (non-hydrogen) atoms. The maximum Gasteiger partial charge on any atom is 0.254 e. The van der Waals surface area contributed by atoms with Gasteiger partial charge in [-0.15, -0.1) is 0 Å². The number of nitrogens with zero attached hydrogens (tertiary/aromatic N) is 1. The first kappa shape index (κ1) is 17.0. The van der Waals surface area contributed by atoms with Gasteiger partial charge < -0.3 is 9.64 Å². The molecule has 1 atom stereocenters. The predicted molar refractivity (Wildman–Crippen MR) is 96.3 cm³/mol. The van der Waals surface area contributed by atoms with Crippen molar-refractivity contribution in [2.75, 3.05) is 13.1 Å². The first-order valence-electron chi connectivity index (χ1n) is 8.35. The normalized spacial score (nSPS) is 17.8. The van der Waals surface area contributed by atoms with Gasteiger partial charge in [0.15, 0.2) is 0 Å². The second-order valence-electron chi connectivity index (χ2n) is 6.23. The topological polar surface area (TPSA) is 29.5 Å².